The van der Waals surface area contributed by atoms with Crippen molar-refractivity contribution in [3.63, 3.8) is 0 Å². The lowest BCUT2D eigenvalue weighted by atomic mass is 10.3. The summed E-state index contributed by atoms with van der Waals surface area (Å²) >= 11 is 1.77. The first-order chi connectivity index (χ1) is 9.60. The number of nitrogens with zero attached hydrogens (tertiary/aromatic N) is 2. The molecule has 2 N–H and O–H groups in total. The number of thiophene rings is 1. The molecule has 2 aromatic rings. The number of hydrogen-bond donors (Lipinski definition) is 2. The number of anilines is 1. The van der Waals surface area contributed by atoms with Crippen LogP contribution in [0.3, 0.4) is 0 Å². The third-order valence-corrected chi connectivity index (χ3v) is 4.05. The molecule has 0 saturated carbocycles. The van der Waals surface area contributed by atoms with E-state index in [1.165, 1.54) is 15.3 Å². The van der Waals surface area contributed by atoms with Gasteiger partial charge in [-0.25, -0.2) is 0 Å². The van der Waals surface area contributed by atoms with E-state index >= 15 is 0 Å². The Morgan fingerprint density at radius 1 is 1.30 bits per heavy atom. The second-order valence-corrected chi connectivity index (χ2v) is 5.81. The van der Waals surface area contributed by atoms with Gasteiger partial charge < -0.3 is 10.6 Å². The third-order valence-electron chi connectivity index (χ3n) is 2.90. The molecular formula is C14H18N4OS. The molecule has 0 bridgehead atoms. The standard InChI is InChI=1S/C14H18N4OS/c1-4-15-14(19)12-5-6-13(18-17-12)16-8-11-7-9(2)10(3)20-11/h5-7H,4,8H2,1-3H3,(H,15,19)(H,16,18). The van der Waals surface area contributed by atoms with Crippen LogP contribution in [0.15, 0.2) is 18.2 Å². The fourth-order valence-electron chi connectivity index (χ4n) is 1.71. The normalized spacial score (nSPS) is 10.3. The highest BCUT2D eigenvalue weighted by Gasteiger charge is 2.07. The van der Waals surface area contributed by atoms with Crippen molar-refractivity contribution in [1.29, 1.82) is 0 Å². The molecule has 0 unspecified atom stereocenters. The van der Waals surface area contributed by atoms with Gasteiger partial charge in [-0.3, -0.25) is 4.79 Å². The predicted molar refractivity (Wildman–Crippen MR) is 81.2 cm³/mol. The lowest BCUT2D eigenvalue weighted by molar-refractivity contribution is 0.0950. The van der Waals surface area contributed by atoms with E-state index in [-0.39, 0.29) is 5.91 Å². The smallest absolute Gasteiger partial charge is 0.271 e. The largest absolute Gasteiger partial charge is 0.364 e. The van der Waals surface area contributed by atoms with Crippen LogP contribution in [0.25, 0.3) is 0 Å². The maximum Gasteiger partial charge on any atom is 0.271 e. The predicted octanol–water partition coefficient (Wildman–Crippen LogP) is 2.52. The van der Waals surface area contributed by atoms with Gasteiger partial charge in [0.2, 0.25) is 0 Å². The lowest BCUT2D eigenvalue weighted by Gasteiger charge is -2.04. The minimum absolute atomic E-state index is 0.198. The number of amides is 1. The van der Waals surface area contributed by atoms with Crippen LogP contribution in [-0.4, -0.2) is 22.6 Å². The molecule has 0 aliphatic rings. The van der Waals surface area contributed by atoms with Gasteiger partial charge in [0.15, 0.2) is 5.69 Å². The summed E-state index contributed by atoms with van der Waals surface area (Å²) in [5.74, 6) is 0.470. The van der Waals surface area contributed by atoms with Crippen LogP contribution < -0.4 is 10.6 Å². The van der Waals surface area contributed by atoms with Crippen molar-refractivity contribution in [2.75, 3.05) is 11.9 Å². The molecule has 5 nitrogen and oxygen atoms in total. The average molecular weight is 290 g/mol. The zero-order valence-corrected chi connectivity index (χ0v) is 12.7. The molecule has 2 rings (SSSR count). The number of hydrogen-bond acceptors (Lipinski definition) is 5. The second kappa shape index (κ2) is 6.47. The maximum atomic E-state index is 11.5. The van der Waals surface area contributed by atoms with Gasteiger partial charge in [0.25, 0.3) is 5.91 Å². The Morgan fingerprint density at radius 3 is 2.65 bits per heavy atom. The molecule has 1 amide bonds. The van der Waals surface area contributed by atoms with E-state index in [0.29, 0.717) is 24.6 Å². The Bertz CT molecular complexity index is 572. The van der Waals surface area contributed by atoms with E-state index in [2.05, 4.69) is 40.7 Å². The SMILES string of the molecule is CCNC(=O)c1ccc(NCc2cc(C)c(C)s2)nn1. The first kappa shape index (κ1) is 14.5. The molecule has 0 radical (unpaired) electrons. The number of nitrogens with one attached hydrogen (secondary N) is 2. The van der Waals surface area contributed by atoms with E-state index in [4.69, 9.17) is 0 Å². The topological polar surface area (TPSA) is 66.9 Å². The quantitative estimate of drug-likeness (QED) is 0.888. The molecule has 106 valence electrons. The monoisotopic (exact) mass is 290 g/mol. The van der Waals surface area contributed by atoms with Crippen molar-refractivity contribution in [2.45, 2.75) is 27.3 Å². The molecule has 2 heterocycles. The molecule has 0 aliphatic heterocycles. The van der Waals surface area contributed by atoms with Gasteiger partial charge in [-0.2, -0.15) is 0 Å². The van der Waals surface area contributed by atoms with Gasteiger partial charge in [-0.05, 0) is 44.5 Å². The van der Waals surface area contributed by atoms with Crippen molar-refractivity contribution in [3.05, 3.63) is 39.2 Å². The van der Waals surface area contributed by atoms with Crippen LogP contribution in [0.5, 0.6) is 0 Å². The molecule has 20 heavy (non-hydrogen) atoms. The highest BCUT2D eigenvalue weighted by atomic mass is 32.1. The number of carbonyl (C=O) groups is 1. The molecule has 0 aromatic carbocycles. The second-order valence-electron chi connectivity index (χ2n) is 4.47. The van der Waals surface area contributed by atoms with Crippen molar-refractivity contribution < 1.29 is 4.79 Å². The highest BCUT2D eigenvalue weighted by Crippen LogP contribution is 2.21. The van der Waals surface area contributed by atoms with Gasteiger partial charge in [0.05, 0.1) is 6.54 Å². The van der Waals surface area contributed by atoms with Gasteiger partial charge >= 0.3 is 0 Å². The molecule has 0 spiro atoms. The van der Waals surface area contributed by atoms with Crippen LogP contribution in [0, 0.1) is 13.8 Å². The number of carbonyl (C=O) groups excluding carboxylic acids is 1. The Labute approximate surface area is 122 Å². The maximum absolute atomic E-state index is 11.5. The van der Waals surface area contributed by atoms with Crippen molar-refractivity contribution in [1.82, 2.24) is 15.5 Å². The number of aromatic nitrogens is 2. The summed E-state index contributed by atoms with van der Waals surface area (Å²) in [6.07, 6.45) is 0. The van der Waals surface area contributed by atoms with E-state index in [1.807, 2.05) is 6.92 Å². The Balaban J connectivity index is 1.95. The molecule has 0 atom stereocenters. The van der Waals surface area contributed by atoms with E-state index in [0.717, 1.165) is 0 Å². The van der Waals surface area contributed by atoms with Crippen LogP contribution in [0.2, 0.25) is 0 Å². The van der Waals surface area contributed by atoms with Crippen LogP contribution in [0.1, 0.15) is 32.7 Å². The Hall–Kier alpha value is -1.95. The fraction of sp³-hybridized carbons (Fsp3) is 0.357. The first-order valence-electron chi connectivity index (χ1n) is 6.52. The molecule has 0 saturated heterocycles. The van der Waals surface area contributed by atoms with Crippen LogP contribution in [0.4, 0.5) is 5.82 Å². The molecule has 0 aliphatic carbocycles. The van der Waals surface area contributed by atoms with E-state index in [1.54, 1.807) is 23.5 Å². The van der Waals surface area contributed by atoms with E-state index in [9.17, 15) is 4.79 Å². The zero-order chi connectivity index (χ0) is 14.5. The zero-order valence-electron chi connectivity index (χ0n) is 11.9. The van der Waals surface area contributed by atoms with Crippen molar-refractivity contribution in [3.8, 4) is 0 Å². The number of rotatable bonds is 5. The summed E-state index contributed by atoms with van der Waals surface area (Å²) in [6, 6.07) is 5.61. The van der Waals surface area contributed by atoms with Gasteiger partial charge in [-0.1, -0.05) is 0 Å². The molecule has 0 fully saturated rings. The number of aryl methyl sites for hydroxylation is 2. The lowest BCUT2D eigenvalue weighted by Crippen LogP contribution is -2.24. The first-order valence-corrected chi connectivity index (χ1v) is 7.33. The highest BCUT2D eigenvalue weighted by molar-refractivity contribution is 7.12. The van der Waals surface area contributed by atoms with Crippen molar-refractivity contribution in [2.24, 2.45) is 0 Å². The Kier molecular flexibility index (Phi) is 4.68. The summed E-state index contributed by atoms with van der Waals surface area (Å²) < 4.78 is 0. The third kappa shape index (κ3) is 3.54. The summed E-state index contributed by atoms with van der Waals surface area (Å²) in [4.78, 5) is 14.1. The molecule has 6 heteroatoms. The van der Waals surface area contributed by atoms with Crippen LogP contribution >= 0.6 is 11.3 Å². The Morgan fingerprint density at radius 2 is 2.10 bits per heavy atom. The summed E-state index contributed by atoms with van der Waals surface area (Å²) in [5.41, 5.74) is 1.64. The van der Waals surface area contributed by atoms with Gasteiger partial charge in [0.1, 0.15) is 5.82 Å². The molecular weight excluding hydrogens is 272 g/mol. The fourth-order valence-corrected chi connectivity index (χ4v) is 2.71. The summed E-state index contributed by atoms with van der Waals surface area (Å²) in [7, 11) is 0. The van der Waals surface area contributed by atoms with Crippen LogP contribution in [-0.2, 0) is 6.54 Å². The molecule has 2 aromatic heterocycles. The summed E-state index contributed by atoms with van der Waals surface area (Å²) in [5, 5.41) is 13.8. The van der Waals surface area contributed by atoms with Gasteiger partial charge in [-0.15, -0.1) is 21.5 Å². The average Bonchev–Trinajstić information content (AvgIpc) is 2.76. The van der Waals surface area contributed by atoms with E-state index < -0.39 is 0 Å². The van der Waals surface area contributed by atoms with Crippen molar-refractivity contribution >= 4 is 23.1 Å². The minimum atomic E-state index is -0.198. The minimum Gasteiger partial charge on any atom is -0.364 e. The summed E-state index contributed by atoms with van der Waals surface area (Å²) in [6.45, 7) is 7.39. The van der Waals surface area contributed by atoms with Gasteiger partial charge in [0, 0.05) is 16.3 Å².